The van der Waals surface area contributed by atoms with Gasteiger partial charge < -0.3 is 19.5 Å². The van der Waals surface area contributed by atoms with Gasteiger partial charge in [0.1, 0.15) is 11.4 Å². The predicted molar refractivity (Wildman–Crippen MR) is 149 cm³/mol. The number of aromatic nitrogens is 1. The van der Waals surface area contributed by atoms with Gasteiger partial charge in [0.15, 0.2) is 6.10 Å². The summed E-state index contributed by atoms with van der Waals surface area (Å²) in [5.41, 5.74) is 2.49. The van der Waals surface area contributed by atoms with Crippen molar-refractivity contribution in [1.29, 1.82) is 0 Å². The summed E-state index contributed by atoms with van der Waals surface area (Å²) >= 11 is 2.12. The molecule has 37 heavy (non-hydrogen) atoms. The summed E-state index contributed by atoms with van der Waals surface area (Å²) in [6.45, 7) is 12.0. The molecule has 2 heterocycles. The number of carbonyl (C=O) groups is 2. The van der Waals surface area contributed by atoms with E-state index in [2.05, 4.69) is 33.6 Å². The zero-order valence-corrected chi connectivity index (χ0v) is 24.3. The molecule has 9 heteroatoms. The molecule has 2 aliphatic rings. The number of pyridine rings is 1. The molecule has 0 bridgehead atoms. The van der Waals surface area contributed by atoms with Gasteiger partial charge in [-0.3, -0.25) is 9.88 Å². The van der Waals surface area contributed by atoms with Crippen molar-refractivity contribution in [2.24, 2.45) is 0 Å². The van der Waals surface area contributed by atoms with Crippen LogP contribution in [-0.2, 0) is 4.74 Å². The summed E-state index contributed by atoms with van der Waals surface area (Å²) < 4.78 is 12.9. The minimum Gasteiger partial charge on any atom is -0.482 e. The van der Waals surface area contributed by atoms with E-state index in [0.29, 0.717) is 43.4 Å². The lowest BCUT2D eigenvalue weighted by atomic mass is 10.1. The summed E-state index contributed by atoms with van der Waals surface area (Å²) in [4.78, 5) is 33.1. The largest absolute Gasteiger partial charge is 0.482 e. The molecular formula is C28H36IN3O5. The van der Waals surface area contributed by atoms with E-state index >= 15 is 0 Å². The van der Waals surface area contributed by atoms with E-state index in [1.807, 2.05) is 40.0 Å². The smallest absolute Gasteiger partial charge is 0.410 e. The van der Waals surface area contributed by atoms with E-state index in [1.54, 1.807) is 24.0 Å². The van der Waals surface area contributed by atoms with Crippen molar-refractivity contribution < 1.29 is 24.2 Å². The van der Waals surface area contributed by atoms with E-state index in [0.717, 1.165) is 9.26 Å². The van der Waals surface area contributed by atoms with Gasteiger partial charge in [-0.1, -0.05) is 6.07 Å². The second-order valence-electron chi connectivity index (χ2n) is 11.1. The lowest BCUT2D eigenvalue weighted by molar-refractivity contribution is -0.00319. The molecule has 2 atom stereocenters. The second kappa shape index (κ2) is 11.1. The number of carboxylic acids is 1. The lowest BCUT2D eigenvalue weighted by Crippen LogP contribution is -2.55. The third kappa shape index (κ3) is 7.13. The van der Waals surface area contributed by atoms with Gasteiger partial charge in [-0.15, -0.1) is 0 Å². The van der Waals surface area contributed by atoms with Crippen LogP contribution in [0.4, 0.5) is 4.79 Å². The Balaban J connectivity index is 1.52. The number of benzene rings is 1. The van der Waals surface area contributed by atoms with Crippen LogP contribution in [0.5, 0.6) is 5.75 Å². The molecular weight excluding hydrogens is 585 g/mol. The average molecular weight is 622 g/mol. The summed E-state index contributed by atoms with van der Waals surface area (Å²) in [5.74, 6) is 0.309. The van der Waals surface area contributed by atoms with Crippen LogP contribution < -0.4 is 4.74 Å². The third-order valence-electron chi connectivity index (χ3n) is 6.73. The van der Waals surface area contributed by atoms with E-state index < -0.39 is 11.6 Å². The highest BCUT2D eigenvalue weighted by atomic mass is 127. The molecule has 8 nitrogen and oxygen atoms in total. The van der Waals surface area contributed by atoms with Crippen LogP contribution in [-0.4, -0.2) is 69.8 Å². The number of carbonyl (C=O) groups excluding carboxylic acids is 1. The Kier molecular flexibility index (Phi) is 8.32. The fraction of sp³-hybridized carbons (Fsp3) is 0.536. The van der Waals surface area contributed by atoms with Gasteiger partial charge in [-0.2, -0.15) is 0 Å². The first-order valence-electron chi connectivity index (χ1n) is 12.8. The van der Waals surface area contributed by atoms with Gasteiger partial charge in [0.2, 0.25) is 0 Å². The van der Waals surface area contributed by atoms with E-state index in [-0.39, 0.29) is 23.8 Å². The molecule has 1 unspecified atom stereocenters. The fourth-order valence-corrected chi connectivity index (χ4v) is 5.20. The SMILES string of the molecule is Cc1cc(OC(CN2CCN(C(=O)OC(C)(C)C)[C@H](C)C2)c2ccc(C3CC3)cn2)c(I)cc1C(=O)O. The minimum atomic E-state index is -0.951. The number of amides is 1. The topological polar surface area (TPSA) is 92.2 Å². The van der Waals surface area contributed by atoms with Crippen LogP contribution in [0, 0.1) is 10.5 Å². The van der Waals surface area contributed by atoms with E-state index in [9.17, 15) is 14.7 Å². The quantitative estimate of drug-likeness (QED) is 0.401. The van der Waals surface area contributed by atoms with Crippen molar-refractivity contribution in [2.45, 2.75) is 71.1 Å². The number of aryl methyl sites for hydroxylation is 1. The van der Waals surface area contributed by atoms with Crippen molar-refractivity contribution >= 4 is 34.7 Å². The van der Waals surface area contributed by atoms with Crippen molar-refractivity contribution in [3.63, 3.8) is 0 Å². The number of rotatable bonds is 7. The molecule has 1 amide bonds. The van der Waals surface area contributed by atoms with Crippen LogP contribution in [0.2, 0.25) is 0 Å². The first-order chi connectivity index (χ1) is 17.4. The maximum atomic E-state index is 12.7. The molecule has 1 saturated carbocycles. The van der Waals surface area contributed by atoms with Crippen LogP contribution in [0.3, 0.4) is 0 Å². The molecule has 1 aliphatic heterocycles. The number of carboxylic acid groups (broad SMARTS) is 1. The normalized spacial score (nSPS) is 19.4. The molecule has 0 spiro atoms. The summed E-state index contributed by atoms with van der Waals surface area (Å²) in [6, 6.07) is 7.62. The van der Waals surface area contributed by atoms with Gasteiger partial charge in [-0.25, -0.2) is 9.59 Å². The standard InChI is InChI=1S/C28H36IN3O5/c1-17-12-24(22(29)13-21(17)26(33)34)36-25(23-9-8-20(14-30-23)19-6-7-19)16-31-10-11-32(18(2)15-31)27(35)37-28(3,4)5/h8-9,12-14,18-19,25H,6-7,10-11,15-16H2,1-5H3,(H,33,34)/t18-,25?/m1/s1. The van der Waals surface area contributed by atoms with Crippen LogP contribution in [0.1, 0.15) is 79.7 Å². The highest BCUT2D eigenvalue weighted by molar-refractivity contribution is 14.1. The summed E-state index contributed by atoms with van der Waals surface area (Å²) in [6.07, 6.45) is 3.75. The zero-order valence-electron chi connectivity index (χ0n) is 22.2. The van der Waals surface area contributed by atoms with Gasteiger partial charge >= 0.3 is 12.1 Å². The molecule has 200 valence electrons. The molecule has 2 fully saturated rings. The van der Waals surface area contributed by atoms with Crippen molar-refractivity contribution in [3.05, 3.63) is 56.4 Å². The molecule has 2 aromatic rings. The lowest BCUT2D eigenvalue weighted by Gasteiger charge is -2.41. The number of piperazine rings is 1. The van der Waals surface area contributed by atoms with Crippen LogP contribution in [0.25, 0.3) is 0 Å². The van der Waals surface area contributed by atoms with Crippen LogP contribution >= 0.6 is 22.6 Å². The molecule has 1 saturated heterocycles. The zero-order chi connectivity index (χ0) is 26.9. The van der Waals surface area contributed by atoms with Gasteiger partial charge in [0, 0.05) is 38.4 Å². The molecule has 1 aromatic carbocycles. The monoisotopic (exact) mass is 621 g/mol. The predicted octanol–water partition coefficient (Wildman–Crippen LogP) is 5.63. The highest BCUT2D eigenvalue weighted by Crippen LogP contribution is 2.40. The van der Waals surface area contributed by atoms with Gasteiger partial charge in [0.05, 0.1) is 14.8 Å². The Morgan fingerprint density at radius 3 is 2.51 bits per heavy atom. The number of hydrogen-bond donors (Lipinski definition) is 1. The Morgan fingerprint density at radius 1 is 1.22 bits per heavy atom. The number of ether oxygens (including phenoxy) is 2. The van der Waals surface area contributed by atoms with Crippen molar-refractivity contribution in [1.82, 2.24) is 14.8 Å². The van der Waals surface area contributed by atoms with E-state index in [4.69, 9.17) is 14.5 Å². The summed E-state index contributed by atoms with van der Waals surface area (Å²) in [5, 5.41) is 9.48. The molecule has 0 radical (unpaired) electrons. The minimum absolute atomic E-state index is 0.00770. The Hall–Kier alpha value is -2.40. The highest BCUT2D eigenvalue weighted by Gasteiger charge is 2.33. The fourth-order valence-electron chi connectivity index (χ4n) is 4.61. The number of hydrogen-bond acceptors (Lipinski definition) is 6. The molecule has 1 aromatic heterocycles. The molecule has 4 rings (SSSR count). The number of aromatic carboxylic acids is 1. The van der Waals surface area contributed by atoms with Gasteiger partial charge in [-0.05, 0) is 105 Å². The van der Waals surface area contributed by atoms with Gasteiger partial charge in [0.25, 0.3) is 0 Å². The Morgan fingerprint density at radius 2 is 1.95 bits per heavy atom. The Labute approximate surface area is 232 Å². The third-order valence-corrected chi connectivity index (χ3v) is 7.57. The van der Waals surface area contributed by atoms with Crippen molar-refractivity contribution in [3.8, 4) is 5.75 Å². The number of halogens is 1. The van der Waals surface area contributed by atoms with E-state index in [1.165, 1.54) is 18.4 Å². The number of nitrogens with zero attached hydrogens (tertiary/aromatic N) is 3. The molecule has 1 aliphatic carbocycles. The Bertz CT molecular complexity index is 1140. The van der Waals surface area contributed by atoms with Crippen molar-refractivity contribution in [2.75, 3.05) is 26.2 Å². The maximum absolute atomic E-state index is 12.7. The first kappa shape index (κ1) is 27.6. The average Bonchev–Trinajstić information content (AvgIpc) is 3.65. The second-order valence-corrected chi connectivity index (χ2v) is 12.2. The van der Waals surface area contributed by atoms with Crippen LogP contribution in [0.15, 0.2) is 30.5 Å². The molecule has 1 N–H and O–H groups in total. The maximum Gasteiger partial charge on any atom is 0.410 e. The summed E-state index contributed by atoms with van der Waals surface area (Å²) in [7, 11) is 0. The first-order valence-corrected chi connectivity index (χ1v) is 13.9.